The molecular formula is C19H29ClN2O2. The third-order valence-electron chi connectivity index (χ3n) is 4.97. The zero-order valence-electron chi connectivity index (χ0n) is 14.7. The van der Waals surface area contributed by atoms with E-state index in [1.807, 2.05) is 29.2 Å². The Morgan fingerprint density at radius 2 is 1.92 bits per heavy atom. The molecule has 2 aliphatic rings. The molecule has 2 atom stereocenters. The number of benzene rings is 1. The molecule has 1 amide bonds. The summed E-state index contributed by atoms with van der Waals surface area (Å²) < 4.78 is 5.75. The summed E-state index contributed by atoms with van der Waals surface area (Å²) in [6, 6.07) is 7.63. The van der Waals surface area contributed by atoms with Gasteiger partial charge in [0.25, 0.3) is 5.91 Å². The van der Waals surface area contributed by atoms with Gasteiger partial charge in [0.2, 0.25) is 0 Å². The Kier molecular flexibility index (Phi) is 6.93. The van der Waals surface area contributed by atoms with E-state index >= 15 is 0 Å². The van der Waals surface area contributed by atoms with Gasteiger partial charge in [-0.05, 0) is 61.9 Å². The molecule has 0 radical (unpaired) electrons. The second-order valence-corrected chi connectivity index (χ2v) is 7.28. The van der Waals surface area contributed by atoms with Gasteiger partial charge in [-0.3, -0.25) is 4.79 Å². The molecule has 2 heterocycles. The number of rotatable bonds is 4. The first-order chi connectivity index (χ1) is 11.1. The molecule has 0 aromatic heterocycles. The van der Waals surface area contributed by atoms with Gasteiger partial charge in [-0.1, -0.05) is 19.9 Å². The number of fused-ring (bicyclic) bond motifs is 1. The summed E-state index contributed by atoms with van der Waals surface area (Å²) in [5.74, 6) is 2.91. The van der Waals surface area contributed by atoms with Gasteiger partial charge in [-0.25, -0.2) is 0 Å². The van der Waals surface area contributed by atoms with Crippen molar-refractivity contribution >= 4 is 18.3 Å². The van der Waals surface area contributed by atoms with E-state index in [0.717, 1.165) is 62.2 Å². The largest absolute Gasteiger partial charge is 0.493 e. The molecule has 24 heavy (non-hydrogen) atoms. The van der Waals surface area contributed by atoms with Crippen LogP contribution in [-0.4, -0.2) is 43.6 Å². The third-order valence-corrected chi connectivity index (χ3v) is 4.97. The average molecular weight is 353 g/mol. The Bertz CT molecular complexity index is 536. The van der Waals surface area contributed by atoms with E-state index in [2.05, 4.69) is 19.2 Å². The molecule has 0 spiro atoms. The Balaban J connectivity index is 0.00000208. The maximum absolute atomic E-state index is 12.8. The van der Waals surface area contributed by atoms with Crippen molar-refractivity contribution in [1.82, 2.24) is 10.2 Å². The number of hydrogen-bond donors (Lipinski definition) is 1. The summed E-state index contributed by atoms with van der Waals surface area (Å²) >= 11 is 0. The van der Waals surface area contributed by atoms with Crippen LogP contribution >= 0.6 is 12.4 Å². The minimum atomic E-state index is 0. The van der Waals surface area contributed by atoms with Crippen LogP contribution in [0.15, 0.2) is 24.3 Å². The van der Waals surface area contributed by atoms with E-state index in [9.17, 15) is 4.79 Å². The van der Waals surface area contributed by atoms with Gasteiger partial charge in [-0.2, -0.15) is 0 Å². The lowest BCUT2D eigenvalue weighted by Crippen LogP contribution is -2.32. The smallest absolute Gasteiger partial charge is 0.253 e. The van der Waals surface area contributed by atoms with Gasteiger partial charge >= 0.3 is 0 Å². The molecule has 0 bridgehead atoms. The molecule has 3 rings (SSSR count). The maximum atomic E-state index is 12.8. The van der Waals surface area contributed by atoms with Gasteiger partial charge < -0.3 is 15.0 Å². The van der Waals surface area contributed by atoms with Crippen LogP contribution in [0.3, 0.4) is 0 Å². The van der Waals surface area contributed by atoms with E-state index in [1.54, 1.807) is 0 Å². The van der Waals surface area contributed by atoms with Crippen LogP contribution in [0.5, 0.6) is 5.75 Å². The molecule has 0 aliphatic carbocycles. The Labute approximate surface area is 151 Å². The zero-order chi connectivity index (χ0) is 16.2. The molecule has 2 saturated heterocycles. The van der Waals surface area contributed by atoms with Gasteiger partial charge in [0, 0.05) is 18.7 Å². The minimum absolute atomic E-state index is 0. The fourth-order valence-electron chi connectivity index (χ4n) is 3.59. The monoisotopic (exact) mass is 352 g/mol. The molecule has 2 fully saturated rings. The molecule has 1 aromatic rings. The second-order valence-electron chi connectivity index (χ2n) is 7.28. The summed E-state index contributed by atoms with van der Waals surface area (Å²) in [4.78, 5) is 14.8. The fourth-order valence-corrected chi connectivity index (χ4v) is 3.59. The molecule has 2 aliphatic heterocycles. The summed E-state index contributed by atoms with van der Waals surface area (Å²) in [5.41, 5.74) is 0.747. The summed E-state index contributed by atoms with van der Waals surface area (Å²) in [6.45, 7) is 8.90. The van der Waals surface area contributed by atoms with Gasteiger partial charge in [0.15, 0.2) is 0 Å². The van der Waals surface area contributed by atoms with Crippen LogP contribution in [0.4, 0.5) is 0 Å². The SMILES string of the molecule is CC(C)COc1cccc(C(=O)N2CC[C@@H]3CNC[C@@H]3CC2)c1.Cl. The van der Waals surface area contributed by atoms with Gasteiger partial charge in [-0.15, -0.1) is 12.4 Å². The van der Waals surface area contributed by atoms with Crippen LogP contribution in [0.25, 0.3) is 0 Å². The standard InChI is InChI=1S/C19H28N2O2.ClH/c1-14(2)13-23-18-5-3-4-15(10-18)19(22)21-8-6-16-11-20-12-17(16)7-9-21;/h3-5,10,14,16-17,20H,6-9,11-13H2,1-2H3;1H/t16-,17+;. The van der Waals surface area contributed by atoms with E-state index in [0.29, 0.717) is 12.5 Å². The van der Waals surface area contributed by atoms with Gasteiger partial charge in [0.05, 0.1) is 6.61 Å². The van der Waals surface area contributed by atoms with Crippen LogP contribution in [0.1, 0.15) is 37.0 Å². The number of ether oxygens (including phenoxy) is 1. The minimum Gasteiger partial charge on any atom is -0.493 e. The predicted molar refractivity (Wildman–Crippen MR) is 99.0 cm³/mol. The molecule has 0 unspecified atom stereocenters. The third kappa shape index (κ3) is 4.64. The lowest BCUT2D eigenvalue weighted by atomic mass is 9.92. The van der Waals surface area contributed by atoms with Crippen molar-refractivity contribution < 1.29 is 9.53 Å². The van der Waals surface area contributed by atoms with Crippen molar-refractivity contribution in [1.29, 1.82) is 0 Å². The number of likely N-dealkylation sites (tertiary alicyclic amines) is 1. The van der Waals surface area contributed by atoms with Crippen LogP contribution in [-0.2, 0) is 0 Å². The summed E-state index contributed by atoms with van der Waals surface area (Å²) in [6.07, 6.45) is 2.24. The molecule has 134 valence electrons. The van der Waals surface area contributed by atoms with Crippen molar-refractivity contribution in [3.05, 3.63) is 29.8 Å². The van der Waals surface area contributed by atoms with Crippen molar-refractivity contribution in [3.63, 3.8) is 0 Å². The Morgan fingerprint density at radius 1 is 1.25 bits per heavy atom. The average Bonchev–Trinajstić information content (AvgIpc) is 2.91. The molecule has 1 N–H and O–H groups in total. The number of nitrogens with one attached hydrogen (secondary N) is 1. The maximum Gasteiger partial charge on any atom is 0.253 e. The van der Waals surface area contributed by atoms with E-state index in [1.165, 1.54) is 0 Å². The highest BCUT2D eigenvalue weighted by Crippen LogP contribution is 2.28. The van der Waals surface area contributed by atoms with Crippen molar-refractivity contribution in [3.8, 4) is 5.75 Å². The lowest BCUT2D eigenvalue weighted by Gasteiger charge is -2.21. The Hall–Kier alpha value is -1.26. The second kappa shape index (κ2) is 8.72. The number of hydrogen-bond acceptors (Lipinski definition) is 3. The number of halogens is 1. The Morgan fingerprint density at radius 3 is 2.54 bits per heavy atom. The number of amides is 1. The highest BCUT2D eigenvalue weighted by Gasteiger charge is 2.31. The zero-order valence-corrected chi connectivity index (χ0v) is 15.5. The van der Waals surface area contributed by atoms with E-state index < -0.39 is 0 Å². The normalized spacial score (nSPS) is 23.4. The first-order valence-corrected chi connectivity index (χ1v) is 8.86. The van der Waals surface area contributed by atoms with Crippen LogP contribution < -0.4 is 10.1 Å². The quantitative estimate of drug-likeness (QED) is 0.904. The topological polar surface area (TPSA) is 41.6 Å². The molecule has 1 aromatic carbocycles. The van der Waals surface area contributed by atoms with Crippen molar-refractivity contribution in [2.45, 2.75) is 26.7 Å². The van der Waals surface area contributed by atoms with Crippen LogP contribution in [0, 0.1) is 17.8 Å². The highest BCUT2D eigenvalue weighted by molar-refractivity contribution is 5.94. The number of nitrogens with zero attached hydrogens (tertiary/aromatic N) is 1. The molecular weight excluding hydrogens is 324 g/mol. The molecule has 4 nitrogen and oxygen atoms in total. The first-order valence-electron chi connectivity index (χ1n) is 8.86. The molecule has 5 heteroatoms. The predicted octanol–water partition coefficient (Wildman–Crippen LogP) is 3.21. The lowest BCUT2D eigenvalue weighted by molar-refractivity contribution is 0.0758. The van der Waals surface area contributed by atoms with Crippen LogP contribution in [0.2, 0.25) is 0 Å². The van der Waals surface area contributed by atoms with E-state index in [-0.39, 0.29) is 18.3 Å². The first kappa shape index (κ1) is 19.1. The highest BCUT2D eigenvalue weighted by atomic mass is 35.5. The van der Waals surface area contributed by atoms with Gasteiger partial charge in [0.1, 0.15) is 5.75 Å². The fraction of sp³-hybridized carbons (Fsp3) is 0.632. The number of carbonyl (C=O) groups is 1. The number of carbonyl (C=O) groups excluding carboxylic acids is 1. The van der Waals surface area contributed by atoms with Crippen molar-refractivity contribution in [2.24, 2.45) is 17.8 Å². The van der Waals surface area contributed by atoms with E-state index in [4.69, 9.17) is 4.74 Å². The molecule has 0 saturated carbocycles. The summed E-state index contributed by atoms with van der Waals surface area (Å²) in [5, 5.41) is 3.48. The summed E-state index contributed by atoms with van der Waals surface area (Å²) in [7, 11) is 0. The van der Waals surface area contributed by atoms with Crippen molar-refractivity contribution in [2.75, 3.05) is 32.8 Å².